The van der Waals surface area contributed by atoms with E-state index in [0.29, 0.717) is 0 Å². The van der Waals surface area contributed by atoms with E-state index >= 15 is 0 Å². The van der Waals surface area contributed by atoms with Crippen LogP contribution >= 0.6 is 0 Å². The minimum Gasteiger partial charge on any atom is -0.444 e. The summed E-state index contributed by atoms with van der Waals surface area (Å²) in [6.07, 6.45) is 1.80. The molecule has 2 saturated heterocycles. The standard InChI is InChI=1S/C30H40N4O3/c1-19-20(2)33(21(3)35)27-15-14-23(16-26(27)28(19)31-22-10-8-7-9-11-22)32-17-24-12-13-25(18-32)34(24)29(36)37-30(4,5)6/h7-11,14-16,19-20,24-25,28,31H,12-13,17-18H2,1-6H3/t19-,20-,24+,25?,28+/m0/s1. The molecule has 2 aromatic carbocycles. The number of carbonyl (C=O) groups excluding carboxylic acids is 2. The highest BCUT2D eigenvalue weighted by molar-refractivity contribution is 5.94. The first-order valence-electron chi connectivity index (χ1n) is 13.5. The smallest absolute Gasteiger partial charge is 0.410 e. The molecular formula is C30H40N4O3. The predicted octanol–water partition coefficient (Wildman–Crippen LogP) is 5.82. The van der Waals surface area contributed by atoms with E-state index in [1.54, 1.807) is 6.92 Å². The Hall–Kier alpha value is -3.22. The van der Waals surface area contributed by atoms with Crippen molar-refractivity contribution in [1.29, 1.82) is 0 Å². The summed E-state index contributed by atoms with van der Waals surface area (Å²) in [5, 5.41) is 3.75. The Morgan fingerprint density at radius 3 is 2.22 bits per heavy atom. The molecule has 3 aliphatic rings. The van der Waals surface area contributed by atoms with Gasteiger partial charge in [0.1, 0.15) is 5.60 Å². The molecule has 2 aromatic rings. The SMILES string of the molecule is CC(=O)N1c2ccc(N3CC4CC[C@H](C3)N4C(=O)OC(C)(C)C)cc2[C@H](Nc2ccccc2)[C@@H](C)[C@@H]1C. The predicted molar refractivity (Wildman–Crippen MR) is 148 cm³/mol. The number of piperazine rings is 1. The molecule has 0 aliphatic carbocycles. The van der Waals surface area contributed by atoms with E-state index in [0.717, 1.165) is 48.6 Å². The number of nitrogens with one attached hydrogen (secondary N) is 1. The van der Waals surface area contributed by atoms with Crippen LogP contribution in [0.2, 0.25) is 0 Å². The number of nitrogens with zero attached hydrogens (tertiary/aromatic N) is 3. The molecule has 2 amide bonds. The van der Waals surface area contributed by atoms with Crippen LogP contribution in [0.3, 0.4) is 0 Å². The summed E-state index contributed by atoms with van der Waals surface area (Å²) in [6.45, 7) is 13.3. The Balaban J connectivity index is 1.45. The van der Waals surface area contributed by atoms with Crippen molar-refractivity contribution in [1.82, 2.24) is 4.90 Å². The van der Waals surface area contributed by atoms with Crippen molar-refractivity contribution in [3.63, 3.8) is 0 Å². The van der Waals surface area contributed by atoms with Crippen molar-refractivity contribution in [3.8, 4) is 0 Å². The molecule has 0 saturated carbocycles. The molecule has 2 fully saturated rings. The summed E-state index contributed by atoms with van der Waals surface area (Å²) in [5.41, 5.74) is 3.84. The number of hydrogen-bond acceptors (Lipinski definition) is 5. The molecule has 5 rings (SSSR count). The Labute approximate surface area is 220 Å². The largest absolute Gasteiger partial charge is 0.444 e. The number of fused-ring (bicyclic) bond motifs is 3. The zero-order chi connectivity index (χ0) is 26.5. The lowest BCUT2D eigenvalue weighted by Crippen LogP contribution is -2.56. The molecule has 7 nitrogen and oxygen atoms in total. The van der Waals surface area contributed by atoms with Crippen molar-refractivity contribution < 1.29 is 14.3 Å². The third-order valence-electron chi connectivity index (χ3n) is 8.19. The van der Waals surface area contributed by atoms with Gasteiger partial charge in [0.15, 0.2) is 0 Å². The molecule has 1 unspecified atom stereocenters. The molecule has 0 radical (unpaired) electrons. The van der Waals surface area contributed by atoms with E-state index in [1.807, 2.05) is 48.8 Å². The molecule has 0 spiro atoms. The molecule has 5 atom stereocenters. The average Bonchev–Trinajstić information content (AvgIpc) is 3.11. The third kappa shape index (κ3) is 4.88. The van der Waals surface area contributed by atoms with Gasteiger partial charge in [-0.2, -0.15) is 0 Å². The topological polar surface area (TPSA) is 65.1 Å². The van der Waals surface area contributed by atoms with Crippen molar-refractivity contribution in [3.05, 3.63) is 54.1 Å². The van der Waals surface area contributed by atoms with Crippen LogP contribution in [0.5, 0.6) is 0 Å². The molecule has 1 N–H and O–H groups in total. The van der Waals surface area contributed by atoms with Crippen molar-refractivity contribution in [2.24, 2.45) is 5.92 Å². The van der Waals surface area contributed by atoms with Gasteiger partial charge < -0.3 is 19.9 Å². The van der Waals surface area contributed by atoms with Crippen molar-refractivity contribution in [2.75, 3.05) is 28.2 Å². The van der Waals surface area contributed by atoms with E-state index in [4.69, 9.17) is 4.74 Å². The lowest BCUT2D eigenvalue weighted by molar-refractivity contribution is -0.117. The molecule has 7 heteroatoms. The second kappa shape index (κ2) is 9.58. The maximum Gasteiger partial charge on any atom is 0.410 e. The van der Waals surface area contributed by atoms with Crippen LogP contribution in [-0.2, 0) is 9.53 Å². The zero-order valence-electron chi connectivity index (χ0n) is 22.9. The molecule has 198 valence electrons. The van der Waals surface area contributed by atoms with Crippen molar-refractivity contribution in [2.45, 2.75) is 84.2 Å². The van der Waals surface area contributed by atoms with E-state index in [9.17, 15) is 9.59 Å². The van der Waals surface area contributed by atoms with E-state index < -0.39 is 5.60 Å². The maximum atomic E-state index is 12.9. The van der Waals surface area contributed by atoms with Gasteiger partial charge in [0, 0.05) is 54.6 Å². The highest BCUT2D eigenvalue weighted by Crippen LogP contribution is 2.45. The van der Waals surface area contributed by atoms with Gasteiger partial charge in [0.05, 0.1) is 18.1 Å². The van der Waals surface area contributed by atoms with Crippen LogP contribution in [-0.4, -0.2) is 53.7 Å². The van der Waals surface area contributed by atoms with E-state index in [2.05, 4.69) is 54.4 Å². The first-order valence-corrected chi connectivity index (χ1v) is 13.5. The number of anilines is 3. The van der Waals surface area contributed by atoms with Crippen LogP contribution in [0.1, 0.15) is 66.0 Å². The number of para-hydroxylation sites is 1. The van der Waals surface area contributed by atoms with Gasteiger partial charge in [-0.25, -0.2) is 4.79 Å². The molecular weight excluding hydrogens is 464 g/mol. The normalized spacial score (nSPS) is 27.1. The zero-order valence-corrected chi connectivity index (χ0v) is 22.9. The molecule has 2 bridgehead atoms. The van der Waals surface area contributed by atoms with Gasteiger partial charge in [0.2, 0.25) is 5.91 Å². The second-order valence-electron chi connectivity index (χ2n) is 11.9. The number of benzene rings is 2. The van der Waals surface area contributed by atoms with Gasteiger partial charge in [-0.05, 0) is 70.9 Å². The Morgan fingerprint density at radius 1 is 0.973 bits per heavy atom. The van der Waals surface area contributed by atoms with Crippen molar-refractivity contribution >= 4 is 29.1 Å². The van der Waals surface area contributed by atoms with Gasteiger partial charge in [-0.3, -0.25) is 9.69 Å². The maximum absolute atomic E-state index is 12.9. The van der Waals surface area contributed by atoms with E-state index in [-0.39, 0.29) is 42.1 Å². The first kappa shape index (κ1) is 25.4. The highest BCUT2D eigenvalue weighted by Gasteiger charge is 2.45. The molecule has 37 heavy (non-hydrogen) atoms. The minimum atomic E-state index is -0.497. The van der Waals surface area contributed by atoms with E-state index in [1.165, 1.54) is 0 Å². The molecule has 0 aromatic heterocycles. The lowest BCUT2D eigenvalue weighted by atomic mass is 9.82. The number of ether oxygens (including phenoxy) is 1. The van der Waals surface area contributed by atoms with Crippen LogP contribution < -0.4 is 15.1 Å². The summed E-state index contributed by atoms with van der Waals surface area (Å²) < 4.78 is 5.72. The Bertz CT molecular complexity index is 1150. The van der Waals surface area contributed by atoms with Crippen LogP contribution in [0.15, 0.2) is 48.5 Å². The molecule has 3 heterocycles. The number of carbonyl (C=O) groups is 2. The minimum absolute atomic E-state index is 0.0653. The van der Waals surface area contributed by atoms with Crippen LogP contribution in [0.25, 0.3) is 0 Å². The fraction of sp³-hybridized carbons (Fsp3) is 0.533. The van der Waals surface area contributed by atoms with Gasteiger partial charge in [-0.15, -0.1) is 0 Å². The highest BCUT2D eigenvalue weighted by atomic mass is 16.6. The summed E-state index contributed by atoms with van der Waals surface area (Å²) >= 11 is 0. The fourth-order valence-corrected chi connectivity index (χ4v) is 6.33. The van der Waals surface area contributed by atoms with Crippen LogP contribution in [0.4, 0.5) is 21.9 Å². The summed E-state index contributed by atoms with van der Waals surface area (Å²) in [5.74, 6) is 0.280. The average molecular weight is 505 g/mol. The number of rotatable bonds is 3. The Kier molecular flexibility index (Phi) is 6.59. The summed E-state index contributed by atoms with van der Waals surface area (Å²) in [6, 6.07) is 17.2. The second-order valence-corrected chi connectivity index (χ2v) is 11.9. The van der Waals surface area contributed by atoms with Gasteiger partial charge in [0.25, 0.3) is 0 Å². The summed E-state index contributed by atoms with van der Waals surface area (Å²) in [7, 11) is 0. The fourth-order valence-electron chi connectivity index (χ4n) is 6.33. The number of amides is 2. The first-order chi connectivity index (χ1) is 17.5. The summed E-state index contributed by atoms with van der Waals surface area (Å²) in [4.78, 5) is 32.0. The van der Waals surface area contributed by atoms with Gasteiger partial charge in [-0.1, -0.05) is 25.1 Å². The lowest BCUT2D eigenvalue weighted by Gasteiger charge is -2.45. The third-order valence-corrected chi connectivity index (χ3v) is 8.19. The van der Waals surface area contributed by atoms with Crippen LogP contribution in [0, 0.1) is 5.92 Å². The Morgan fingerprint density at radius 2 is 1.62 bits per heavy atom. The van der Waals surface area contributed by atoms with Gasteiger partial charge >= 0.3 is 6.09 Å². The number of hydrogen-bond donors (Lipinski definition) is 1. The molecule has 3 aliphatic heterocycles. The monoisotopic (exact) mass is 504 g/mol. The quantitative estimate of drug-likeness (QED) is 0.571.